The number of hydrogen-bond donors (Lipinski definition) is 2. The molecule has 0 saturated carbocycles. The molecule has 0 aliphatic carbocycles. The second kappa shape index (κ2) is 7.76. The van der Waals surface area contributed by atoms with E-state index in [1.807, 2.05) is 56.4 Å². The third-order valence-corrected chi connectivity index (χ3v) is 3.03. The molecule has 0 fully saturated rings. The molecule has 0 spiro atoms. The number of aliphatic hydroxyl groups is 1. The van der Waals surface area contributed by atoms with Gasteiger partial charge >= 0.3 is 0 Å². The van der Waals surface area contributed by atoms with Crippen molar-refractivity contribution in [2.75, 3.05) is 6.54 Å². The second-order valence-electron chi connectivity index (χ2n) is 5.24. The molecule has 0 radical (unpaired) electrons. The minimum atomic E-state index is -0.533. The lowest BCUT2D eigenvalue weighted by Crippen LogP contribution is -2.21. The number of pyridine rings is 1. The Balaban J connectivity index is 1.81. The molecule has 2 rings (SSSR count). The molecule has 0 aliphatic rings. The third kappa shape index (κ3) is 5.17. The van der Waals surface area contributed by atoms with Crippen LogP contribution in [0.25, 0.3) is 0 Å². The molecule has 2 aromatic rings. The molecule has 1 unspecified atom stereocenters. The van der Waals surface area contributed by atoms with Crippen LogP contribution in [0.1, 0.15) is 31.1 Å². The van der Waals surface area contributed by atoms with Crippen molar-refractivity contribution in [2.45, 2.75) is 32.6 Å². The van der Waals surface area contributed by atoms with Crippen LogP contribution in [0.5, 0.6) is 5.75 Å². The van der Waals surface area contributed by atoms with E-state index in [4.69, 9.17) is 4.74 Å². The first-order valence-electron chi connectivity index (χ1n) is 7.19. The summed E-state index contributed by atoms with van der Waals surface area (Å²) < 4.78 is 5.58. The number of hydrogen-bond acceptors (Lipinski definition) is 4. The van der Waals surface area contributed by atoms with Crippen LogP contribution in [-0.4, -0.2) is 22.7 Å². The molecule has 0 saturated heterocycles. The Bertz CT molecular complexity index is 526. The highest BCUT2D eigenvalue weighted by atomic mass is 16.5. The average molecular weight is 286 g/mol. The van der Waals surface area contributed by atoms with E-state index in [1.54, 1.807) is 6.20 Å². The SMILES string of the molecule is CC(C)Oc1ccc(C(O)CNCc2cccnc2)cc1. The lowest BCUT2D eigenvalue weighted by Gasteiger charge is -2.14. The molecular formula is C17H22N2O2. The summed E-state index contributed by atoms with van der Waals surface area (Å²) in [6.45, 7) is 5.18. The van der Waals surface area contributed by atoms with Crippen molar-refractivity contribution in [3.05, 3.63) is 59.9 Å². The number of nitrogens with one attached hydrogen (secondary N) is 1. The van der Waals surface area contributed by atoms with E-state index in [0.717, 1.165) is 16.9 Å². The molecule has 1 aromatic carbocycles. The smallest absolute Gasteiger partial charge is 0.119 e. The van der Waals surface area contributed by atoms with Crippen LogP contribution in [0.4, 0.5) is 0 Å². The van der Waals surface area contributed by atoms with Crippen LogP contribution in [0.2, 0.25) is 0 Å². The van der Waals surface area contributed by atoms with Gasteiger partial charge < -0.3 is 15.2 Å². The van der Waals surface area contributed by atoms with Gasteiger partial charge in [-0.1, -0.05) is 18.2 Å². The number of ether oxygens (including phenoxy) is 1. The maximum atomic E-state index is 10.2. The molecule has 1 atom stereocenters. The monoisotopic (exact) mass is 286 g/mol. The molecule has 21 heavy (non-hydrogen) atoms. The highest BCUT2D eigenvalue weighted by Crippen LogP contribution is 2.18. The fourth-order valence-corrected chi connectivity index (χ4v) is 2.01. The summed E-state index contributed by atoms with van der Waals surface area (Å²) in [7, 11) is 0. The van der Waals surface area contributed by atoms with Crippen molar-refractivity contribution in [2.24, 2.45) is 0 Å². The van der Waals surface area contributed by atoms with Crippen molar-refractivity contribution in [1.82, 2.24) is 10.3 Å². The Kier molecular flexibility index (Phi) is 5.72. The summed E-state index contributed by atoms with van der Waals surface area (Å²) in [5, 5.41) is 13.4. The molecule has 1 aromatic heterocycles. The van der Waals surface area contributed by atoms with Crippen molar-refractivity contribution in [1.29, 1.82) is 0 Å². The topological polar surface area (TPSA) is 54.4 Å². The summed E-state index contributed by atoms with van der Waals surface area (Å²) in [4.78, 5) is 4.06. The predicted octanol–water partition coefficient (Wildman–Crippen LogP) is 2.69. The Hall–Kier alpha value is -1.91. The second-order valence-corrected chi connectivity index (χ2v) is 5.24. The van der Waals surface area contributed by atoms with Crippen molar-refractivity contribution < 1.29 is 9.84 Å². The fraction of sp³-hybridized carbons (Fsp3) is 0.353. The molecule has 2 N–H and O–H groups in total. The molecular weight excluding hydrogens is 264 g/mol. The highest BCUT2D eigenvalue weighted by molar-refractivity contribution is 5.28. The maximum Gasteiger partial charge on any atom is 0.119 e. The minimum absolute atomic E-state index is 0.155. The van der Waals surface area contributed by atoms with Crippen molar-refractivity contribution >= 4 is 0 Å². The van der Waals surface area contributed by atoms with Gasteiger partial charge in [0.25, 0.3) is 0 Å². The van der Waals surface area contributed by atoms with Gasteiger partial charge in [-0.15, -0.1) is 0 Å². The molecule has 112 valence electrons. The van der Waals surface area contributed by atoms with E-state index in [1.165, 1.54) is 0 Å². The van der Waals surface area contributed by atoms with Crippen LogP contribution in [-0.2, 0) is 6.54 Å². The lowest BCUT2D eigenvalue weighted by atomic mass is 10.1. The van der Waals surface area contributed by atoms with Crippen molar-refractivity contribution in [3.8, 4) is 5.75 Å². The predicted molar refractivity (Wildman–Crippen MR) is 83.1 cm³/mol. The van der Waals surface area contributed by atoms with Gasteiger partial charge in [-0.2, -0.15) is 0 Å². The Labute approximate surface area is 125 Å². The molecule has 4 nitrogen and oxygen atoms in total. The number of nitrogens with zero attached hydrogens (tertiary/aromatic N) is 1. The summed E-state index contributed by atoms with van der Waals surface area (Å²) in [6, 6.07) is 11.5. The van der Waals surface area contributed by atoms with E-state index in [2.05, 4.69) is 10.3 Å². The average Bonchev–Trinajstić information content (AvgIpc) is 2.48. The quantitative estimate of drug-likeness (QED) is 0.821. The van der Waals surface area contributed by atoms with Gasteiger partial charge in [0.2, 0.25) is 0 Å². The van der Waals surface area contributed by atoms with Crippen LogP contribution < -0.4 is 10.1 Å². The van der Waals surface area contributed by atoms with Crippen LogP contribution in [0, 0.1) is 0 Å². The molecule has 0 amide bonds. The summed E-state index contributed by atoms with van der Waals surface area (Å²) in [5.41, 5.74) is 1.98. The zero-order valence-electron chi connectivity index (χ0n) is 12.5. The lowest BCUT2D eigenvalue weighted by molar-refractivity contribution is 0.174. The van der Waals surface area contributed by atoms with Crippen LogP contribution >= 0.6 is 0 Å². The zero-order valence-corrected chi connectivity index (χ0v) is 12.5. The van der Waals surface area contributed by atoms with E-state index < -0.39 is 6.10 Å². The first-order chi connectivity index (χ1) is 10.1. The van der Waals surface area contributed by atoms with Gasteiger partial charge in [-0.05, 0) is 43.2 Å². The fourth-order valence-electron chi connectivity index (χ4n) is 2.01. The molecule has 0 bridgehead atoms. The Morgan fingerprint density at radius 2 is 1.95 bits per heavy atom. The van der Waals surface area contributed by atoms with Gasteiger partial charge in [-0.3, -0.25) is 4.98 Å². The zero-order chi connectivity index (χ0) is 15.1. The van der Waals surface area contributed by atoms with Gasteiger partial charge in [-0.25, -0.2) is 0 Å². The van der Waals surface area contributed by atoms with E-state index in [9.17, 15) is 5.11 Å². The first-order valence-corrected chi connectivity index (χ1v) is 7.19. The number of aliphatic hydroxyl groups excluding tert-OH is 1. The number of rotatable bonds is 7. The Morgan fingerprint density at radius 3 is 2.57 bits per heavy atom. The number of aromatic nitrogens is 1. The molecule has 1 heterocycles. The van der Waals surface area contributed by atoms with Gasteiger partial charge in [0.05, 0.1) is 12.2 Å². The Morgan fingerprint density at radius 1 is 1.19 bits per heavy atom. The van der Waals surface area contributed by atoms with Crippen LogP contribution in [0.15, 0.2) is 48.8 Å². The first kappa shape index (κ1) is 15.5. The highest BCUT2D eigenvalue weighted by Gasteiger charge is 2.07. The van der Waals surface area contributed by atoms with Gasteiger partial charge in [0.1, 0.15) is 5.75 Å². The van der Waals surface area contributed by atoms with E-state index in [-0.39, 0.29) is 6.10 Å². The van der Waals surface area contributed by atoms with Crippen LogP contribution in [0.3, 0.4) is 0 Å². The van der Waals surface area contributed by atoms with Crippen molar-refractivity contribution in [3.63, 3.8) is 0 Å². The van der Waals surface area contributed by atoms with Gasteiger partial charge in [0, 0.05) is 25.5 Å². The summed E-state index contributed by atoms with van der Waals surface area (Å²) in [6.07, 6.45) is 3.19. The largest absolute Gasteiger partial charge is 0.491 e. The summed E-state index contributed by atoms with van der Waals surface area (Å²) in [5.74, 6) is 0.823. The molecule has 4 heteroatoms. The number of benzene rings is 1. The van der Waals surface area contributed by atoms with E-state index in [0.29, 0.717) is 13.1 Å². The molecule has 0 aliphatic heterocycles. The van der Waals surface area contributed by atoms with Gasteiger partial charge in [0.15, 0.2) is 0 Å². The van der Waals surface area contributed by atoms with E-state index >= 15 is 0 Å². The summed E-state index contributed by atoms with van der Waals surface area (Å²) >= 11 is 0. The normalized spacial score (nSPS) is 12.4. The third-order valence-electron chi connectivity index (χ3n) is 3.03. The minimum Gasteiger partial charge on any atom is -0.491 e. The standard InChI is InChI=1S/C17H22N2O2/c1-13(2)21-16-7-5-15(6-8-16)17(20)12-19-11-14-4-3-9-18-10-14/h3-10,13,17,19-20H,11-12H2,1-2H3. The maximum absolute atomic E-state index is 10.2.